The molecule has 0 radical (unpaired) electrons. The molecule has 0 unspecified atom stereocenters. The highest BCUT2D eigenvalue weighted by atomic mass is 19.1. The second kappa shape index (κ2) is 9.01. The van der Waals surface area contributed by atoms with Gasteiger partial charge in [0.05, 0.1) is 13.2 Å². The van der Waals surface area contributed by atoms with Crippen molar-refractivity contribution >= 4 is 5.91 Å². The molecular weight excluding hydrogens is 365 g/mol. The van der Waals surface area contributed by atoms with E-state index < -0.39 is 0 Å². The average molecular weight is 389 g/mol. The molecule has 0 N–H and O–H groups in total. The molecule has 0 aromatic heterocycles. The van der Waals surface area contributed by atoms with E-state index in [2.05, 4.69) is 24.3 Å². The van der Waals surface area contributed by atoms with Crippen molar-refractivity contribution in [3.8, 4) is 0 Å². The molecule has 4 rings (SSSR count). The minimum Gasteiger partial charge on any atom is -0.370 e. The van der Waals surface area contributed by atoms with Crippen LogP contribution >= 0.6 is 0 Å². The van der Waals surface area contributed by atoms with E-state index in [0.717, 1.165) is 16.7 Å². The molecule has 1 fully saturated rings. The van der Waals surface area contributed by atoms with E-state index in [1.807, 2.05) is 41.3 Å². The smallest absolute Gasteiger partial charge is 0.223 e. The topological polar surface area (TPSA) is 29.5 Å². The van der Waals surface area contributed by atoms with Crippen LogP contribution in [0.5, 0.6) is 0 Å². The lowest BCUT2D eigenvalue weighted by atomic mass is 9.88. The predicted molar refractivity (Wildman–Crippen MR) is 111 cm³/mol. The maximum absolute atomic E-state index is 13.2. The van der Waals surface area contributed by atoms with Crippen LogP contribution in [0.1, 0.15) is 35.1 Å². The molecule has 1 heterocycles. The Morgan fingerprint density at radius 3 is 2.10 bits per heavy atom. The molecule has 0 spiro atoms. The number of hydrogen-bond acceptors (Lipinski definition) is 2. The van der Waals surface area contributed by atoms with Gasteiger partial charge >= 0.3 is 0 Å². The summed E-state index contributed by atoms with van der Waals surface area (Å²) in [5.74, 6) is -0.152. The van der Waals surface area contributed by atoms with Crippen molar-refractivity contribution in [2.75, 3.05) is 19.7 Å². The molecule has 4 heteroatoms. The van der Waals surface area contributed by atoms with Gasteiger partial charge in [-0.3, -0.25) is 4.79 Å². The summed E-state index contributed by atoms with van der Waals surface area (Å²) >= 11 is 0. The van der Waals surface area contributed by atoms with Gasteiger partial charge in [0, 0.05) is 18.9 Å². The molecule has 1 aliphatic rings. The highest BCUT2D eigenvalue weighted by Gasteiger charge is 2.28. The number of hydrogen-bond donors (Lipinski definition) is 0. The predicted octanol–water partition coefficient (Wildman–Crippen LogP) is 4.95. The van der Waals surface area contributed by atoms with Crippen molar-refractivity contribution < 1.29 is 13.9 Å². The first kappa shape index (κ1) is 19.3. The van der Waals surface area contributed by atoms with Crippen LogP contribution in [0.2, 0.25) is 0 Å². The first-order valence-electron chi connectivity index (χ1n) is 9.95. The summed E-state index contributed by atoms with van der Waals surface area (Å²) < 4.78 is 19.1. The summed E-state index contributed by atoms with van der Waals surface area (Å²) in [4.78, 5) is 15.1. The van der Waals surface area contributed by atoms with Crippen LogP contribution in [-0.4, -0.2) is 30.5 Å². The van der Waals surface area contributed by atoms with Crippen molar-refractivity contribution in [1.82, 2.24) is 4.90 Å². The van der Waals surface area contributed by atoms with Crippen LogP contribution in [0, 0.1) is 5.82 Å². The van der Waals surface area contributed by atoms with Crippen LogP contribution in [0.15, 0.2) is 84.9 Å². The number of ether oxygens (including phenoxy) is 1. The van der Waals surface area contributed by atoms with Crippen molar-refractivity contribution in [1.29, 1.82) is 0 Å². The quantitative estimate of drug-likeness (QED) is 0.618. The number of nitrogens with zero attached hydrogens (tertiary/aromatic N) is 1. The van der Waals surface area contributed by atoms with E-state index in [4.69, 9.17) is 4.74 Å². The number of rotatable bonds is 5. The molecule has 29 heavy (non-hydrogen) atoms. The minimum absolute atomic E-state index is 0.0111. The molecule has 3 aromatic carbocycles. The molecule has 0 saturated carbocycles. The SMILES string of the molecule is O=C(CC(c1ccccc1)c1ccccc1)N1CCO[C@@H](c2ccc(F)cc2)C1. The molecule has 3 aromatic rings. The van der Waals surface area contributed by atoms with E-state index in [-0.39, 0.29) is 23.7 Å². The molecule has 0 bridgehead atoms. The highest BCUT2D eigenvalue weighted by Crippen LogP contribution is 2.30. The molecule has 0 aliphatic carbocycles. The van der Waals surface area contributed by atoms with Gasteiger partial charge in [-0.25, -0.2) is 4.39 Å². The Balaban J connectivity index is 1.50. The zero-order valence-corrected chi connectivity index (χ0v) is 16.2. The molecule has 1 amide bonds. The second-order valence-electron chi connectivity index (χ2n) is 7.33. The van der Waals surface area contributed by atoms with E-state index >= 15 is 0 Å². The fourth-order valence-electron chi connectivity index (χ4n) is 3.86. The fourth-order valence-corrected chi connectivity index (χ4v) is 3.86. The number of halogens is 1. The summed E-state index contributed by atoms with van der Waals surface area (Å²) in [6.07, 6.45) is 0.185. The van der Waals surface area contributed by atoms with Gasteiger partial charge in [-0.15, -0.1) is 0 Å². The molecule has 3 nitrogen and oxygen atoms in total. The number of morpholine rings is 1. The third-order valence-electron chi connectivity index (χ3n) is 5.44. The summed E-state index contributed by atoms with van der Waals surface area (Å²) in [5, 5.41) is 0. The van der Waals surface area contributed by atoms with Crippen molar-refractivity contribution in [2.24, 2.45) is 0 Å². The number of carbonyl (C=O) groups excluding carboxylic acids is 1. The van der Waals surface area contributed by atoms with Crippen LogP contribution in [-0.2, 0) is 9.53 Å². The van der Waals surface area contributed by atoms with E-state index in [0.29, 0.717) is 26.1 Å². The van der Waals surface area contributed by atoms with Crippen molar-refractivity contribution in [3.05, 3.63) is 107 Å². The largest absolute Gasteiger partial charge is 0.370 e. The summed E-state index contributed by atoms with van der Waals surface area (Å²) in [7, 11) is 0. The van der Waals surface area contributed by atoms with Crippen LogP contribution in [0.25, 0.3) is 0 Å². The average Bonchev–Trinajstić information content (AvgIpc) is 2.79. The molecule has 1 atom stereocenters. The molecule has 1 saturated heterocycles. The van der Waals surface area contributed by atoms with E-state index in [1.54, 1.807) is 12.1 Å². The van der Waals surface area contributed by atoms with E-state index in [1.165, 1.54) is 12.1 Å². The Kier molecular flexibility index (Phi) is 6.01. The standard InChI is InChI=1S/C25H24FNO2/c26-22-13-11-21(12-14-22)24-18-27(15-16-29-24)25(28)17-23(19-7-3-1-4-8-19)20-9-5-2-6-10-20/h1-14,23-24H,15-18H2/t24-/m1/s1. The number of amides is 1. The Morgan fingerprint density at radius 1 is 0.931 bits per heavy atom. The zero-order chi connectivity index (χ0) is 20.1. The summed E-state index contributed by atoms with van der Waals surface area (Å²) in [6, 6.07) is 26.6. The summed E-state index contributed by atoms with van der Waals surface area (Å²) in [5.41, 5.74) is 3.16. The maximum atomic E-state index is 13.2. The van der Waals surface area contributed by atoms with Crippen molar-refractivity contribution in [3.63, 3.8) is 0 Å². The van der Waals surface area contributed by atoms with Crippen LogP contribution in [0.4, 0.5) is 4.39 Å². The summed E-state index contributed by atoms with van der Waals surface area (Å²) in [6.45, 7) is 1.54. The molecule has 1 aliphatic heterocycles. The fraction of sp³-hybridized carbons (Fsp3) is 0.240. The second-order valence-corrected chi connectivity index (χ2v) is 7.33. The highest BCUT2D eigenvalue weighted by molar-refractivity contribution is 5.78. The Bertz CT molecular complexity index is 889. The van der Waals surface area contributed by atoms with Crippen molar-refractivity contribution in [2.45, 2.75) is 18.4 Å². The lowest BCUT2D eigenvalue weighted by Crippen LogP contribution is -2.42. The van der Waals surface area contributed by atoms with Gasteiger partial charge in [0.15, 0.2) is 0 Å². The number of benzene rings is 3. The Hall–Kier alpha value is -2.98. The van der Waals surface area contributed by atoms with Gasteiger partial charge in [0.1, 0.15) is 11.9 Å². The van der Waals surface area contributed by atoms with Gasteiger partial charge < -0.3 is 9.64 Å². The Morgan fingerprint density at radius 2 is 1.52 bits per heavy atom. The normalized spacial score (nSPS) is 16.8. The van der Waals surface area contributed by atoms with E-state index in [9.17, 15) is 9.18 Å². The van der Waals surface area contributed by atoms with Gasteiger partial charge in [0.2, 0.25) is 5.91 Å². The third kappa shape index (κ3) is 4.72. The molecule has 148 valence electrons. The minimum atomic E-state index is -0.272. The third-order valence-corrected chi connectivity index (χ3v) is 5.44. The first-order chi connectivity index (χ1) is 14.2. The van der Waals surface area contributed by atoms with Gasteiger partial charge in [-0.2, -0.15) is 0 Å². The monoisotopic (exact) mass is 389 g/mol. The van der Waals surface area contributed by atoms with Gasteiger partial charge in [0.25, 0.3) is 0 Å². The lowest BCUT2D eigenvalue weighted by Gasteiger charge is -2.34. The maximum Gasteiger partial charge on any atom is 0.223 e. The zero-order valence-electron chi connectivity index (χ0n) is 16.2. The lowest BCUT2D eigenvalue weighted by molar-refractivity contribution is -0.139. The van der Waals surface area contributed by atoms with Gasteiger partial charge in [-0.05, 0) is 28.8 Å². The number of carbonyl (C=O) groups is 1. The van der Waals surface area contributed by atoms with Gasteiger partial charge in [-0.1, -0.05) is 72.8 Å². The van der Waals surface area contributed by atoms with Crippen LogP contribution in [0.3, 0.4) is 0 Å². The molecular formula is C25H24FNO2. The first-order valence-corrected chi connectivity index (χ1v) is 9.95. The Labute approximate surface area is 170 Å². The van der Waals surface area contributed by atoms with Crippen LogP contribution < -0.4 is 0 Å².